The highest BCUT2D eigenvalue weighted by atomic mass is 19.1. The number of rotatable bonds is 4. The van der Waals surface area contributed by atoms with Crippen LogP contribution in [0.2, 0.25) is 0 Å². The van der Waals surface area contributed by atoms with E-state index < -0.39 is 59.1 Å². The molecule has 9 atom stereocenters. The van der Waals surface area contributed by atoms with E-state index in [-0.39, 0.29) is 18.1 Å². The first-order valence-corrected chi connectivity index (χ1v) is 12.3. The molecule has 5 rings (SSSR count). The molecule has 4 fully saturated rings. The van der Waals surface area contributed by atoms with Gasteiger partial charge in [-0.25, -0.2) is 9.18 Å². The number of aliphatic hydroxyl groups excluding tert-OH is 1. The van der Waals surface area contributed by atoms with E-state index in [2.05, 4.69) is 0 Å². The number of carbonyl (C=O) groups excluding carboxylic acids is 2. The predicted octanol–water partition coefficient (Wildman–Crippen LogP) is 3.31. The molecule has 184 valence electrons. The van der Waals surface area contributed by atoms with Crippen LogP contribution in [0.3, 0.4) is 0 Å². The number of aliphatic hydroxyl groups is 1. The minimum Gasteiger partial charge on any atom is -0.448 e. The molecular formula is C26H32FNO6. The number of fused-ring (bicyclic) bond motifs is 7. The number of nitriles is 1. The van der Waals surface area contributed by atoms with Gasteiger partial charge < -0.3 is 19.3 Å². The summed E-state index contributed by atoms with van der Waals surface area (Å²) in [5, 5.41) is 20.5. The number of ether oxygens (including phenoxy) is 3. The fraction of sp³-hybridized carbons (Fsp3) is 0.731. The number of hydrogen-bond donors (Lipinski definition) is 1. The predicted molar refractivity (Wildman–Crippen MR) is 118 cm³/mol. The lowest BCUT2D eigenvalue weighted by molar-refractivity contribution is -0.238. The molecule has 1 heterocycles. The minimum absolute atomic E-state index is 0.0182. The Labute approximate surface area is 198 Å². The van der Waals surface area contributed by atoms with Gasteiger partial charge in [-0.3, -0.25) is 4.79 Å². The number of carbonyl (C=O) groups is 2. The number of halogens is 1. The van der Waals surface area contributed by atoms with Gasteiger partial charge >= 0.3 is 5.97 Å². The van der Waals surface area contributed by atoms with Gasteiger partial charge in [-0.05, 0) is 57.1 Å². The molecule has 0 aromatic rings. The van der Waals surface area contributed by atoms with E-state index in [9.17, 15) is 14.7 Å². The minimum atomic E-state index is -2.00. The van der Waals surface area contributed by atoms with Crippen molar-refractivity contribution in [2.75, 3.05) is 6.61 Å². The van der Waals surface area contributed by atoms with Crippen molar-refractivity contribution in [3.63, 3.8) is 0 Å². The molecule has 0 radical (unpaired) electrons. The second kappa shape index (κ2) is 7.71. The number of ketones is 1. The molecule has 0 bridgehead atoms. The Balaban J connectivity index is 1.58. The summed E-state index contributed by atoms with van der Waals surface area (Å²) in [6.07, 6.45) is 4.63. The number of esters is 1. The van der Waals surface area contributed by atoms with Crippen LogP contribution in [0.1, 0.15) is 59.3 Å². The molecular weight excluding hydrogens is 441 g/mol. The van der Waals surface area contributed by atoms with Gasteiger partial charge in [0.1, 0.15) is 12.2 Å². The quantitative estimate of drug-likeness (QED) is 0.625. The summed E-state index contributed by atoms with van der Waals surface area (Å²) < 4.78 is 35.1. The van der Waals surface area contributed by atoms with E-state index in [1.54, 1.807) is 13.0 Å². The Morgan fingerprint density at radius 3 is 2.85 bits per heavy atom. The van der Waals surface area contributed by atoms with Gasteiger partial charge in [0.25, 0.3) is 0 Å². The molecule has 0 amide bonds. The topological polar surface area (TPSA) is 106 Å². The van der Waals surface area contributed by atoms with Crippen LogP contribution < -0.4 is 0 Å². The summed E-state index contributed by atoms with van der Waals surface area (Å²) in [6, 6.07) is 1.83. The normalized spacial score (nSPS) is 48.8. The lowest BCUT2D eigenvalue weighted by Crippen LogP contribution is -2.69. The third-order valence-corrected chi connectivity index (χ3v) is 9.53. The molecule has 0 aromatic heterocycles. The smallest absolute Gasteiger partial charge is 0.342 e. The number of hydrogen-bond acceptors (Lipinski definition) is 7. The van der Waals surface area contributed by atoms with Crippen LogP contribution in [0.5, 0.6) is 0 Å². The Kier molecular flexibility index (Phi) is 5.36. The standard InChI is InChI=1S/C26H32FNO6/c1-4-5-21-33-20-13-18-17-7-6-15-12-16(29)8-9-23(15,2)25(17,27)19(30)14-24(18,3)26(20,34-21)22(31)32-11-10-28/h8-9,12,17-21,30H,4-7,11,13-14H2,1-3H3/t17?,18?,19-,20+,21?,23-,24-,25-,26-/m0/s1. The maximum atomic E-state index is 17.3. The first-order valence-electron chi connectivity index (χ1n) is 12.3. The van der Waals surface area contributed by atoms with E-state index in [1.807, 2.05) is 19.9 Å². The molecule has 1 aliphatic heterocycles. The monoisotopic (exact) mass is 473 g/mol. The molecule has 5 aliphatic rings. The summed E-state index contributed by atoms with van der Waals surface area (Å²) in [4.78, 5) is 25.5. The zero-order chi connectivity index (χ0) is 24.5. The summed E-state index contributed by atoms with van der Waals surface area (Å²) in [7, 11) is 0. The highest BCUT2D eigenvalue weighted by molar-refractivity contribution is 6.01. The lowest BCUT2D eigenvalue weighted by atomic mass is 9.45. The van der Waals surface area contributed by atoms with Crippen molar-refractivity contribution >= 4 is 11.8 Å². The van der Waals surface area contributed by atoms with E-state index in [0.717, 1.165) is 6.42 Å². The van der Waals surface area contributed by atoms with Gasteiger partial charge in [-0.15, -0.1) is 0 Å². The molecule has 3 saturated carbocycles. The fourth-order valence-electron chi connectivity index (χ4n) is 7.95. The Morgan fingerprint density at radius 1 is 1.38 bits per heavy atom. The molecule has 1 saturated heterocycles. The van der Waals surface area contributed by atoms with Crippen LogP contribution in [0.4, 0.5) is 4.39 Å². The van der Waals surface area contributed by atoms with Crippen LogP contribution in [0.15, 0.2) is 23.8 Å². The molecule has 34 heavy (non-hydrogen) atoms. The van der Waals surface area contributed by atoms with Crippen LogP contribution in [0, 0.1) is 34.0 Å². The largest absolute Gasteiger partial charge is 0.448 e. The molecule has 7 nitrogen and oxygen atoms in total. The third kappa shape index (κ3) is 2.72. The molecule has 8 heteroatoms. The van der Waals surface area contributed by atoms with Crippen molar-refractivity contribution in [2.24, 2.45) is 22.7 Å². The zero-order valence-electron chi connectivity index (χ0n) is 19.9. The van der Waals surface area contributed by atoms with Crippen molar-refractivity contribution < 1.29 is 33.3 Å². The lowest BCUT2D eigenvalue weighted by Gasteiger charge is -2.62. The highest BCUT2D eigenvalue weighted by Crippen LogP contribution is 2.71. The van der Waals surface area contributed by atoms with E-state index in [4.69, 9.17) is 19.5 Å². The van der Waals surface area contributed by atoms with Crippen molar-refractivity contribution in [3.8, 4) is 6.07 Å². The average Bonchev–Trinajstić information content (AvgIpc) is 3.26. The SMILES string of the molecule is CCCC1O[C@@H]2CC3C4CCC5=CC(=O)C=C[C@]5(C)[C@@]4(F)[C@@H](O)C[C@]3(C)[C@]2(C(=O)OCC#N)O1. The summed E-state index contributed by atoms with van der Waals surface area (Å²) in [6.45, 7) is 5.21. The number of alkyl halides is 1. The van der Waals surface area contributed by atoms with Crippen molar-refractivity contribution in [1.29, 1.82) is 5.26 Å². The maximum Gasteiger partial charge on any atom is 0.342 e. The molecule has 3 unspecified atom stereocenters. The van der Waals surface area contributed by atoms with E-state index in [0.29, 0.717) is 31.3 Å². The first kappa shape index (κ1) is 23.7. The third-order valence-electron chi connectivity index (χ3n) is 9.53. The summed E-state index contributed by atoms with van der Waals surface area (Å²) >= 11 is 0. The maximum absolute atomic E-state index is 17.3. The molecule has 0 aromatic carbocycles. The van der Waals surface area contributed by atoms with E-state index in [1.165, 1.54) is 12.2 Å². The number of nitrogens with zero attached hydrogens (tertiary/aromatic N) is 1. The summed E-state index contributed by atoms with van der Waals surface area (Å²) in [5.41, 5.74) is -4.86. The molecule has 0 spiro atoms. The van der Waals surface area contributed by atoms with Crippen LogP contribution in [-0.4, -0.2) is 53.2 Å². The van der Waals surface area contributed by atoms with E-state index >= 15 is 4.39 Å². The molecule has 4 aliphatic carbocycles. The van der Waals surface area contributed by atoms with Crippen LogP contribution >= 0.6 is 0 Å². The summed E-state index contributed by atoms with van der Waals surface area (Å²) in [5.74, 6) is -1.72. The van der Waals surface area contributed by atoms with Crippen molar-refractivity contribution in [3.05, 3.63) is 23.8 Å². The number of allylic oxidation sites excluding steroid dienone is 4. The van der Waals surface area contributed by atoms with Crippen LogP contribution in [-0.2, 0) is 23.8 Å². The average molecular weight is 474 g/mol. The second-order valence-corrected chi connectivity index (χ2v) is 10.9. The second-order valence-electron chi connectivity index (χ2n) is 10.9. The van der Waals surface area contributed by atoms with Gasteiger partial charge in [0.2, 0.25) is 0 Å². The van der Waals surface area contributed by atoms with Gasteiger partial charge in [0.05, 0.1) is 6.10 Å². The van der Waals surface area contributed by atoms with Gasteiger partial charge in [-0.2, -0.15) is 5.26 Å². The van der Waals surface area contributed by atoms with Gasteiger partial charge in [-0.1, -0.05) is 31.9 Å². The van der Waals surface area contributed by atoms with Crippen molar-refractivity contribution in [2.45, 2.75) is 89.1 Å². The highest BCUT2D eigenvalue weighted by Gasteiger charge is 2.80. The van der Waals surface area contributed by atoms with Crippen LogP contribution in [0.25, 0.3) is 0 Å². The molecule has 1 N–H and O–H groups in total. The Hall–Kier alpha value is -2.08. The first-order chi connectivity index (χ1) is 16.1. The van der Waals surface area contributed by atoms with Gasteiger partial charge in [0, 0.05) is 16.7 Å². The Bertz CT molecular complexity index is 1020. The zero-order valence-corrected chi connectivity index (χ0v) is 19.9. The van der Waals surface area contributed by atoms with Crippen molar-refractivity contribution in [1.82, 2.24) is 0 Å². The fourth-order valence-corrected chi connectivity index (χ4v) is 7.95. The van der Waals surface area contributed by atoms with Gasteiger partial charge in [0.15, 0.2) is 29.9 Å². The Morgan fingerprint density at radius 2 is 2.15 bits per heavy atom.